The Bertz CT molecular complexity index is 58.7. The van der Waals surface area contributed by atoms with Crippen molar-refractivity contribution in [2.24, 2.45) is 5.73 Å². The van der Waals surface area contributed by atoms with Crippen LogP contribution in [0.3, 0.4) is 0 Å². The van der Waals surface area contributed by atoms with Gasteiger partial charge in [-0.3, -0.25) is 5.32 Å². The van der Waals surface area contributed by atoms with Gasteiger partial charge in [-0.2, -0.15) is 0 Å². The first-order chi connectivity index (χ1) is 3.29. The van der Waals surface area contributed by atoms with Crippen LogP contribution in [-0.2, 0) is 0 Å². The first-order valence-corrected chi connectivity index (χ1v) is 3.36. The molecule has 3 N–H and O–H groups in total. The molecule has 42 valence electrons. The van der Waals surface area contributed by atoms with E-state index >= 15 is 0 Å². The average Bonchev–Trinajstić information content (AvgIpc) is 1.87. The highest BCUT2D eigenvalue weighted by Crippen LogP contribution is 2.12. The van der Waals surface area contributed by atoms with Crippen LogP contribution < -0.4 is 11.1 Å². The SMILES string of the molecule is NC1CCC(Br)N1. The molecular formula is C4H9BrN2. The molecule has 7 heavy (non-hydrogen) atoms. The maximum Gasteiger partial charge on any atom is 0.0643 e. The minimum Gasteiger partial charge on any atom is -0.316 e. The van der Waals surface area contributed by atoms with Crippen LogP contribution in [-0.4, -0.2) is 11.1 Å². The summed E-state index contributed by atoms with van der Waals surface area (Å²) in [6.45, 7) is 0. The van der Waals surface area contributed by atoms with Gasteiger partial charge in [0.1, 0.15) is 0 Å². The van der Waals surface area contributed by atoms with Gasteiger partial charge in [-0.1, -0.05) is 15.9 Å². The van der Waals surface area contributed by atoms with Gasteiger partial charge in [-0.25, -0.2) is 0 Å². The van der Waals surface area contributed by atoms with E-state index in [0.717, 1.165) is 12.8 Å². The molecule has 2 nitrogen and oxygen atoms in total. The predicted molar refractivity (Wildman–Crippen MR) is 33.1 cm³/mol. The lowest BCUT2D eigenvalue weighted by Crippen LogP contribution is -2.33. The molecule has 1 aliphatic rings. The highest BCUT2D eigenvalue weighted by atomic mass is 79.9. The molecule has 2 unspecified atom stereocenters. The summed E-state index contributed by atoms with van der Waals surface area (Å²) in [5.41, 5.74) is 5.48. The van der Waals surface area contributed by atoms with Gasteiger partial charge in [0.05, 0.1) is 11.1 Å². The zero-order chi connectivity index (χ0) is 5.28. The Morgan fingerprint density at radius 3 is 2.43 bits per heavy atom. The van der Waals surface area contributed by atoms with Crippen LogP contribution >= 0.6 is 15.9 Å². The molecular weight excluding hydrogens is 156 g/mol. The summed E-state index contributed by atoms with van der Waals surface area (Å²) in [6.07, 6.45) is 2.47. The zero-order valence-electron chi connectivity index (χ0n) is 4.02. The van der Waals surface area contributed by atoms with Crippen molar-refractivity contribution in [3.63, 3.8) is 0 Å². The normalized spacial score (nSPS) is 42.0. The smallest absolute Gasteiger partial charge is 0.0643 e. The van der Waals surface area contributed by atoms with E-state index in [1.807, 2.05) is 0 Å². The number of nitrogens with one attached hydrogen (secondary N) is 1. The minimum absolute atomic E-state index is 0.226. The second-order valence-electron chi connectivity index (χ2n) is 1.82. The van der Waals surface area contributed by atoms with Crippen LogP contribution in [0.5, 0.6) is 0 Å². The van der Waals surface area contributed by atoms with E-state index in [-0.39, 0.29) is 6.17 Å². The molecule has 0 saturated carbocycles. The molecule has 0 bridgehead atoms. The molecule has 0 aromatic heterocycles. The number of halogens is 1. The van der Waals surface area contributed by atoms with E-state index in [4.69, 9.17) is 5.73 Å². The minimum atomic E-state index is 0.226. The fourth-order valence-corrected chi connectivity index (χ4v) is 1.33. The number of nitrogens with two attached hydrogens (primary N) is 1. The highest BCUT2D eigenvalue weighted by Gasteiger charge is 2.16. The van der Waals surface area contributed by atoms with Crippen LogP contribution in [0, 0.1) is 0 Å². The number of hydrogen-bond acceptors (Lipinski definition) is 2. The van der Waals surface area contributed by atoms with Gasteiger partial charge < -0.3 is 5.73 Å². The van der Waals surface area contributed by atoms with Crippen molar-refractivity contribution < 1.29 is 0 Å². The summed E-state index contributed by atoms with van der Waals surface area (Å²) in [7, 11) is 0. The highest BCUT2D eigenvalue weighted by molar-refractivity contribution is 9.09. The third-order valence-electron chi connectivity index (χ3n) is 1.13. The van der Waals surface area contributed by atoms with Gasteiger partial charge in [0.25, 0.3) is 0 Å². The summed E-state index contributed by atoms with van der Waals surface area (Å²) < 4.78 is 0. The fraction of sp³-hybridized carbons (Fsp3) is 1.00. The predicted octanol–water partition coefficient (Wildman–Crippen LogP) is 0.376. The zero-order valence-corrected chi connectivity index (χ0v) is 5.61. The maximum atomic E-state index is 5.48. The molecule has 0 spiro atoms. The summed E-state index contributed by atoms with van der Waals surface area (Å²) in [5.74, 6) is 0. The molecule has 2 atom stereocenters. The second-order valence-corrected chi connectivity index (χ2v) is 2.92. The van der Waals surface area contributed by atoms with Gasteiger partial charge in [0.15, 0.2) is 0 Å². The lowest BCUT2D eigenvalue weighted by molar-refractivity contribution is 0.626. The average molecular weight is 165 g/mol. The van der Waals surface area contributed by atoms with Crippen molar-refractivity contribution in [1.82, 2.24) is 5.32 Å². The lowest BCUT2D eigenvalue weighted by Gasteiger charge is -2.00. The van der Waals surface area contributed by atoms with Crippen LogP contribution in [0.1, 0.15) is 12.8 Å². The van der Waals surface area contributed by atoms with E-state index in [2.05, 4.69) is 21.2 Å². The molecule has 1 rings (SSSR count). The Labute approximate surface area is 51.6 Å². The van der Waals surface area contributed by atoms with Crippen LogP contribution in [0.4, 0.5) is 0 Å². The summed E-state index contributed by atoms with van der Waals surface area (Å²) in [6, 6.07) is 0. The van der Waals surface area contributed by atoms with E-state index in [0.29, 0.717) is 4.95 Å². The van der Waals surface area contributed by atoms with E-state index in [1.165, 1.54) is 0 Å². The molecule has 0 aromatic rings. The molecule has 1 aliphatic heterocycles. The Kier molecular flexibility index (Phi) is 1.67. The Morgan fingerprint density at radius 1 is 1.57 bits per heavy atom. The van der Waals surface area contributed by atoms with Crippen LogP contribution in [0.25, 0.3) is 0 Å². The molecule has 1 heterocycles. The summed E-state index contributed by atoms with van der Waals surface area (Å²) in [5, 5.41) is 3.11. The van der Waals surface area contributed by atoms with Crippen molar-refractivity contribution >= 4 is 15.9 Å². The standard InChI is InChI=1S/C4H9BrN2/c5-3-1-2-4(6)7-3/h3-4,7H,1-2,6H2. The molecule has 3 heteroatoms. The second kappa shape index (κ2) is 2.11. The third kappa shape index (κ3) is 1.40. The Morgan fingerprint density at radius 2 is 2.29 bits per heavy atom. The third-order valence-corrected chi connectivity index (χ3v) is 1.85. The van der Waals surface area contributed by atoms with Crippen LogP contribution in [0.2, 0.25) is 0 Å². The summed E-state index contributed by atoms with van der Waals surface area (Å²) >= 11 is 3.39. The summed E-state index contributed by atoms with van der Waals surface area (Å²) in [4.78, 5) is 0.461. The lowest BCUT2D eigenvalue weighted by atomic mass is 10.3. The van der Waals surface area contributed by atoms with Crippen LogP contribution in [0.15, 0.2) is 0 Å². The fourth-order valence-electron chi connectivity index (χ4n) is 0.725. The van der Waals surface area contributed by atoms with E-state index in [1.54, 1.807) is 0 Å². The van der Waals surface area contributed by atoms with Gasteiger partial charge in [-0.05, 0) is 12.8 Å². The molecule has 0 radical (unpaired) electrons. The van der Waals surface area contributed by atoms with Gasteiger partial charge in [0, 0.05) is 0 Å². The van der Waals surface area contributed by atoms with Crippen molar-refractivity contribution in [2.45, 2.75) is 24.0 Å². The van der Waals surface area contributed by atoms with Crippen molar-refractivity contribution in [1.29, 1.82) is 0 Å². The Hall–Kier alpha value is 0.400. The number of hydrogen-bond donors (Lipinski definition) is 2. The molecule has 0 amide bonds. The first kappa shape index (κ1) is 5.54. The maximum absolute atomic E-state index is 5.48. The first-order valence-electron chi connectivity index (χ1n) is 2.45. The molecule has 1 fully saturated rings. The van der Waals surface area contributed by atoms with Crippen molar-refractivity contribution in [3.05, 3.63) is 0 Å². The van der Waals surface area contributed by atoms with Crippen molar-refractivity contribution in [2.75, 3.05) is 0 Å². The van der Waals surface area contributed by atoms with Gasteiger partial charge >= 0.3 is 0 Å². The topological polar surface area (TPSA) is 38.0 Å². The van der Waals surface area contributed by atoms with Crippen molar-refractivity contribution in [3.8, 4) is 0 Å². The monoisotopic (exact) mass is 164 g/mol. The Balaban J connectivity index is 2.26. The number of alkyl halides is 1. The van der Waals surface area contributed by atoms with Gasteiger partial charge in [0.2, 0.25) is 0 Å². The van der Waals surface area contributed by atoms with Gasteiger partial charge in [-0.15, -0.1) is 0 Å². The largest absolute Gasteiger partial charge is 0.316 e. The molecule has 0 aromatic carbocycles. The number of rotatable bonds is 0. The van der Waals surface area contributed by atoms with E-state index < -0.39 is 0 Å². The molecule has 1 saturated heterocycles. The quantitative estimate of drug-likeness (QED) is 0.402. The molecule has 0 aliphatic carbocycles. The van der Waals surface area contributed by atoms with E-state index in [9.17, 15) is 0 Å².